The van der Waals surface area contributed by atoms with E-state index >= 15 is 0 Å². The summed E-state index contributed by atoms with van der Waals surface area (Å²) in [6, 6.07) is 11.6. The van der Waals surface area contributed by atoms with E-state index in [2.05, 4.69) is 15.1 Å². The fraction of sp³-hybridized carbons (Fsp3) is 0.133. The van der Waals surface area contributed by atoms with E-state index in [1.165, 1.54) is 0 Å². The van der Waals surface area contributed by atoms with E-state index in [-0.39, 0.29) is 0 Å². The lowest BCUT2D eigenvalue weighted by Gasteiger charge is -1.98. The van der Waals surface area contributed by atoms with Crippen LogP contribution in [-0.4, -0.2) is 15.1 Å². The number of benzene rings is 1. The molecule has 0 fully saturated rings. The zero-order valence-corrected chi connectivity index (χ0v) is 11.1. The summed E-state index contributed by atoms with van der Waals surface area (Å²) in [5.74, 6) is 0.969. The van der Waals surface area contributed by atoms with Gasteiger partial charge in [-0.25, -0.2) is 0 Å². The first kappa shape index (κ1) is 12.5. The van der Waals surface area contributed by atoms with Crippen LogP contribution in [0.2, 0.25) is 0 Å². The van der Waals surface area contributed by atoms with Crippen LogP contribution < -0.4 is 5.73 Å². The molecule has 20 heavy (non-hydrogen) atoms. The Balaban J connectivity index is 2.00. The molecule has 2 N–H and O–H groups in total. The van der Waals surface area contributed by atoms with Gasteiger partial charge in [-0.05, 0) is 36.2 Å². The van der Waals surface area contributed by atoms with Crippen LogP contribution in [0.3, 0.4) is 0 Å². The number of hydrogen-bond acceptors (Lipinski definition) is 5. The lowest BCUT2D eigenvalue weighted by atomic mass is 10.1. The van der Waals surface area contributed by atoms with Crippen LogP contribution in [-0.2, 0) is 6.54 Å². The normalized spacial score (nSPS) is 10.7. The van der Waals surface area contributed by atoms with Crippen molar-refractivity contribution >= 4 is 0 Å². The zero-order valence-electron chi connectivity index (χ0n) is 11.1. The van der Waals surface area contributed by atoms with Crippen molar-refractivity contribution in [1.82, 2.24) is 15.1 Å². The largest absolute Gasteiger partial charge is 0.334 e. The highest BCUT2D eigenvalue weighted by atomic mass is 16.5. The molecule has 0 unspecified atom stereocenters. The van der Waals surface area contributed by atoms with Gasteiger partial charge in [0.15, 0.2) is 0 Å². The van der Waals surface area contributed by atoms with Gasteiger partial charge < -0.3 is 10.3 Å². The summed E-state index contributed by atoms with van der Waals surface area (Å²) >= 11 is 0. The molecule has 2 aromatic heterocycles. The van der Waals surface area contributed by atoms with Crippen molar-refractivity contribution in [3.05, 3.63) is 53.7 Å². The van der Waals surface area contributed by atoms with E-state index in [1.54, 1.807) is 6.20 Å². The van der Waals surface area contributed by atoms with Crippen LogP contribution in [0.4, 0.5) is 0 Å². The Hall–Kier alpha value is -2.53. The molecule has 0 radical (unpaired) electrons. The molecule has 3 aromatic rings. The molecule has 0 aliphatic rings. The quantitative estimate of drug-likeness (QED) is 0.788. The minimum atomic E-state index is 0.473. The number of pyridine rings is 1. The highest BCUT2D eigenvalue weighted by molar-refractivity contribution is 5.59. The SMILES string of the molecule is Cc1cccnc1-c1noc(-c2cccc(CN)c2)n1. The van der Waals surface area contributed by atoms with Crippen molar-refractivity contribution in [2.75, 3.05) is 0 Å². The third kappa shape index (κ3) is 2.31. The van der Waals surface area contributed by atoms with Crippen molar-refractivity contribution in [3.63, 3.8) is 0 Å². The average Bonchev–Trinajstić information content (AvgIpc) is 2.97. The Kier molecular flexibility index (Phi) is 3.26. The summed E-state index contributed by atoms with van der Waals surface area (Å²) in [5, 5.41) is 4.00. The van der Waals surface area contributed by atoms with Crippen molar-refractivity contribution in [1.29, 1.82) is 0 Å². The minimum absolute atomic E-state index is 0.473. The molecule has 0 amide bonds. The molecule has 3 rings (SSSR count). The molecule has 1 aromatic carbocycles. The maximum absolute atomic E-state index is 5.64. The van der Waals surface area contributed by atoms with Gasteiger partial charge in [-0.3, -0.25) is 4.98 Å². The van der Waals surface area contributed by atoms with Crippen LogP contribution in [0, 0.1) is 6.92 Å². The van der Waals surface area contributed by atoms with Gasteiger partial charge in [-0.2, -0.15) is 4.98 Å². The topological polar surface area (TPSA) is 77.8 Å². The molecule has 0 saturated heterocycles. The predicted octanol–water partition coefficient (Wildman–Crippen LogP) is 2.57. The molecule has 5 nitrogen and oxygen atoms in total. The number of hydrogen-bond donors (Lipinski definition) is 1. The number of aromatic nitrogens is 3. The lowest BCUT2D eigenvalue weighted by Crippen LogP contribution is -1.95. The van der Waals surface area contributed by atoms with E-state index in [0.717, 1.165) is 22.4 Å². The van der Waals surface area contributed by atoms with Gasteiger partial charge in [0.25, 0.3) is 5.89 Å². The van der Waals surface area contributed by atoms with Gasteiger partial charge in [-0.1, -0.05) is 23.4 Å². The maximum atomic E-state index is 5.64. The molecule has 0 atom stereocenters. The standard InChI is InChI=1S/C15H14N4O/c1-10-4-3-7-17-13(10)14-18-15(20-19-14)12-6-2-5-11(8-12)9-16/h2-8H,9,16H2,1H3. The zero-order chi connectivity index (χ0) is 13.9. The van der Waals surface area contributed by atoms with E-state index in [0.29, 0.717) is 18.3 Å². The molecular formula is C15H14N4O. The van der Waals surface area contributed by atoms with E-state index in [4.69, 9.17) is 10.3 Å². The summed E-state index contributed by atoms with van der Waals surface area (Å²) in [6.07, 6.45) is 1.72. The monoisotopic (exact) mass is 266 g/mol. The fourth-order valence-corrected chi connectivity index (χ4v) is 1.99. The van der Waals surface area contributed by atoms with E-state index in [9.17, 15) is 0 Å². The molecule has 2 heterocycles. The van der Waals surface area contributed by atoms with E-state index < -0.39 is 0 Å². The molecule has 0 spiro atoms. The fourth-order valence-electron chi connectivity index (χ4n) is 1.99. The second-order valence-corrected chi connectivity index (χ2v) is 4.50. The van der Waals surface area contributed by atoms with Crippen molar-refractivity contribution in [2.45, 2.75) is 13.5 Å². The molecular weight excluding hydrogens is 252 g/mol. The van der Waals surface area contributed by atoms with Crippen LogP contribution in [0.1, 0.15) is 11.1 Å². The average molecular weight is 266 g/mol. The Morgan fingerprint density at radius 1 is 1.20 bits per heavy atom. The third-order valence-electron chi connectivity index (χ3n) is 3.06. The van der Waals surface area contributed by atoms with Crippen molar-refractivity contribution in [3.8, 4) is 23.0 Å². The molecule has 0 saturated carbocycles. The molecule has 0 aliphatic heterocycles. The van der Waals surface area contributed by atoms with Crippen LogP contribution in [0.15, 0.2) is 47.1 Å². The Morgan fingerprint density at radius 2 is 2.10 bits per heavy atom. The van der Waals surface area contributed by atoms with Crippen LogP contribution in [0.25, 0.3) is 23.0 Å². The first-order valence-electron chi connectivity index (χ1n) is 6.33. The number of rotatable bonds is 3. The summed E-state index contributed by atoms with van der Waals surface area (Å²) in [4.78, 5) is 8.69. The number of nitrogens with zero attached hydrogens (tertiary/aromatic N) is 3. The van der Waals surface area contributed by atoms with Gasteiger partial charge in [0.1, 0.15) is 5.69 Å². The van der Waals surface area contributed by atoms with Gasteiger partial charge >= 0.3 is 0 Å². The summed E-state index contributed by atoms with van der Waals surface area (Å²) in [6.45, 7) is 2.45. The first-order chi connectivity index (χ1) is 9.78. The van der Waals surface area contributed by atoms with Gasteiger partial charge in [0.2, 0.25) is 5.82 Å². The Bertz CT molecular complexity index is 736. The summed E-state index contributed by atoms with van der Waals surface area (Å²) in [7, 11) is 0. The van der Waals surface area contributed by atoms with Gasteiger partial charge in [0.05, 0.1) is 0 Å². The number of aryl methyl sites for hydroxylation is 1. The maximum Gasteiger partial charge on any atom is 0.258 e. The lowest BCUT2D eigenvalue weighted by molar-refractivity contribution is 0.432. The highest BCUT2D eigenvalue weighted by Gasteiger charge is 2.13. The second kappa shape index (κ2) is 5.22. The highest BCUT2D eigenvalue weighted by Crippen LogP contribution is 2.23. The number of nitrogens with two attached hydrogens (primary N) is 1. The van der Waals surface area contributed by atoms with Crippen molar-refractivity contribution < 1.29 is 4.52 Å². The summed E-state index contributed by atoms with van der Waals surface area (Å²) < 4.78 is 5.32. The second-order valence-electron chi connectivity index (χ2n) is 4.50. The Labute approximate surface area is 116 Å². The van der Waals surface area contributed by atoms with Gasteiger partial charge in [0, 0.05) is 18.3 Å². The molecule has 5 heteroatoms. The molecule has 100 valence electrons. The first-order valence-corrected chi connectivity index (χ1v) is 6.33. The summed E-state index contributed by atoms with van der Waals surface area (Å²) in [5.41, 5.74) is 9.27. The minimum Gasteiger partial charge on any atom is -0.334 e. The molecule has 0 aliphatic carbocycles. The molecule has 0 bridgehead atoms. The smallest absolute Gasteiger partial charge is 0.258 e. The van der Waals surface area contributed by atoms with Gasteiger partial charge in [-0.15, -0.1) is 0 Å². The van der Waals surface area contributed by atoms with Crippen molar-refractivity contribution in [2.24, 2.45) is 5.73 Å². The Morgan fingerprint density at radius 3 is 2.90 bits per heavy atom. The third-order valence-corrected chi connectivity index (χ3v) is 3.06. The predicted molar refractivity (Wildman–Crippen MR) is 75.6 cm³/mol. The van der Waals surface area contributed by atoms with Crippen LogP contribution >= 0.6 is 0 Å². The van der Waals surface area contributed by atoms with Crippen LogP contribution in [0.5, 0.6) is 0 Å². The van der Waals surface area contributed by atoms with E-state index in [1.807, 2.05) is 43.3 Å².